The van der Waals surface area contributed by atoms with Gasteiger partial charge in [-0.15, -0.1) is 0 Å². The molecule has 4 rings (SSSR count). The van der Waals surface area contributed by atoms with Crippen molar-refractivity contribution in [3.05, 3.63) is 53.7 Å². The smallest absolute Gasteiger partial charge is 0.217 e. The average molecular weight is 398 g/mol. The number of furan rings is 1. The molecule has 0 bridgehead atoms. The summed E-state index contributed by atoms with van der Waals surface area (Å²) >= 11 is 0. The number of carbonyl (C=O) groups excluding carboxylic acids is 1. The Kier molecular flexibility index (Phi) is 5.38. The monoisotopic (exact) mass is 398 g/mol. The first-order chi connectivity index (χ1) is 14.0. The van der Waals surface area contributed by atoms with E-state index >= 15 is 0 Å². The van der Waals surface area contributed by atoms with Crippen molar-refractivity contribution in [3.63, 3.8) is 0 Å². The first-order valence-electron chi connectivity index (χ1n) is 9.68. The highest BCUT2D eigenvalue weighted by molar-refractivity contribution is 5.80. The van der Waals surface area contributed by atoms with Gasteiger partial charge in [0.2, 0.25) is 11.8 Å². The van der Waals surface area contributed by atoms with Gasteiger partial charge in [-0.25, -0.2) is 9.37 Å². The van der Waals surface area contributed by atoms with Crippen LogP contribution in [-0.2, 0) is 11.4 Å². The van der Waals surface area contributed by atoms with Gasteiger partial charge in [-0.05, 0) is 49.9 Å². The number of pyridine rings is 1. The molecule has 1 amide bonds. The zero-order valence-electron chi connectivity index (χ0n) is 16.4. The maximum atomic E-state index is 14.3. The Labute approximate surface area is 168 Å². The summed E-state index contributed by atoms with van der Waals surface area (Å²) in [6, 6.07) is 8.30. The number of ether oxygens (including phenoxy) is 2. The van der Waals surface area contributed by atoms with E-state index in [1.54, 1.807) is 12.1 Å². The first-order valence-corrected chi connectivity index (χ1v) is 9.68. The lowest BCUT2D eigenvalue weighted by molar-refractivity contribution is -0.119. The SMILES string of the molecule is CC(=O)NC(C)c1cc2cc(OCc3cnc(OCC4CC4)cc3F)ccc2o1. The van der Waals surface area contributed by atoms with Gasteiger partial charge in [0.15, 0.2) is 0 Å². The van der Waals surface area contributed by atoms with Gasteiger partial charge >= 0.3 is 0 Å². The number of amides is 1. The lowest BCUT2D eigenvalue weighted by Gasteiger charge is -2.09. The van der Waals surface area contributed by atoms with Crippen molar-refractivity contribution in [2.24, 2.45) is 5.92 Å². The zero-order chi connectivity index (χ0) is 20.4. The van der Waals surface area contributed by atoms with E-state index < -0.39 is 5.82 Å². The molecule has 1 unspecified atom stereocenters. The zero-order valence-corrected chi connectivity index (χ0v) is 16.4. The number of nitrogens with one attached hydrogen (secondary N) is 1. The van der Waals surface area contributed by atoms with Crippen LogP contribution in [0.25, 0.3) is 11.0 Å². The van der Waals surface area contributed by atoms with Crippen LogP contribution in [0.15, 0.2) is 40.9 Å². The van der Waals surface area contributed by atoms with Crippen LogP contribution in [0, 0.1) is 11.7 Å². The van der Waals surface area contributed by atoms with E-state index in [1.807, 2.05) is 19.1 Å². The molecule has 0 spiro atoms. The minimum Gasteiger partial charge on any atom is -0.489 e. The summed E-state index contributed by atoms with van der Waals surface area (Å²) in [5.41, 5.74) is 1.05. The minimum atomic E-state index is -0.401. The lowest BCUT2D eigenvalue weighted by atomic mass is 10.2. The predicted molar refractivity (Wildman–Crippen MR) is 105 cm³/mol. The fraction of sp³-hybridized carbons (Fsp3) is 0.364. The van der Waals surface area contributed by atoms with Crippen LogP contribution in [0.5, 0.6) is 11.6 Å². The summed E-state index contributed by atoms with van der Waals surface area (Å²) in [5, 5.41) is 3.63. The Hall–Kier alpha value is -3.09. The summed E-state index contributed by atoms with van der Waals surface area (Å²) in [7, 11) is 0. The number of nitrogens with zero attached hydrogens (tertiary/aromatic N) is 1. The highest BCUT2D eigenvalue weighted by Gasteiger charge is 2.22. The molecule has 0 aliphatic heterocycles. The summed E-state index contributed by atoms with van der Waals surface area (Å²) in [6.07, 6.45) is 3.78. The van der Waals surface area contributed by atoms with Crippen LogP contribution in [0.1, 0.15) is 44.1 Å². The van der Waals surface area contributed by atoms with Crippen LogP contribution in [0.4, 0.5) is 4.39 Å². The Balaban J connectivity index is 1.40. The van der Waals surface area contributed by atoms with Crippen molar-refractivity contribution in [2.45, 2.75) is 39.3 Å². The van der Waals surface area contributed by atoms with Crippen LogP contribution in [0.3, 0.4) is 0 Å². The number of carbonyl (C=O) groups is 1. The molecule has 3 aromatic rings. The second-order valence-electron chi connectivity index (χ2n) is 7.43. The Morgan fingerprint density at radius 3 is 2.86 bits per heavy atom. The molecule has 1 aliphatic carbocycles. The third kappa shape index (κ3) is 4.85. The van der Waals surface area contributed by atoms with E-state index in [9.17, 15) is 9.18 Å². The van der Waals surface area contributed by atoms with Gasteiger partial charge in [0, 0.05) is 30.1 Å². The van der Waals surface area contributed by atoms with E-state index in [0.717, 1.165) is 5.39 Å². The summed E-state index contributed by atoms with van der Waals surface area (Å²) in [5.74, 6) is 1.61. The van der Waals surface area contributed by atoms with Gasteiger partial charge in [-0.2, -0.15) is 0 Å². The van der Waals surface area contributed by atoms with Gasteiger partial charge in [-0.3, -0.25) is 4.79 Å². The second-order valence-corrected chi connectivity index (χ2v) is 7.43. The Bertz CT molecular complexity index is 1030. The minimum absolute atomic E-state index is 0.0558. The number of hydrogen-bond acceptors (Lipinski definition) is 5. The molecule has 2 aromatic heterocycles. The van der Waals surface area contributed by atoms with Gasteiger partial charge in [0.25, 0.3) is 0 Å². The fourth-order valence-corrected chi connectivity index (χ4v) is 3.00. The number of aromatic nitrogens is 1. The topological polar surface area (TPSA) is 73.6 Å². The Morgan fingerprint density at radius 1 is 1.31 bits per heavy atom. The maximum Gasteiger partial charge on any atom is 0.217 e. The van der Waals surface area contributed by atoms with Crippen molar-refractivity contribution in [1.82, 2.24) is 10.3 Å². The largest absolute Gasteiger partial charge is 0.489 e. The molecule has 1 saturated carbocycles. The molecule has 1 fully saturated rings. The summed E-state index contributed by atoms with van der Waals surface area (Å²) < 4.78 is 31.3. The second kappa shape index (κ2) is 8.11. The van der Waals surface area contributed by atoms with Crippen molar-refractivity contribution < 1.29 is 23.1 Å². The molecular weight excluding hydrogens is 375 g/mol. The molecule has 2 heterocycles. The van der Waals surface area contributed by atoms with E-state index in [1.165, 1.54) is 32.0 Å². The number of benzene rings is 1. The number of halogens is 1. The average Bonchev–Trinajstić information content (AvgIpc) is 3.41. The molecule has 152 valence electrons. The normalized spacial score (nSPS) is 14.6. The third-order valence-corrected chi connectivity index (χ3v) is 4.82. The maximum absolute atomic E-state index is 14.3. The predicted octanol–water partition coefficient (Wildman–Crippen LogP) is 4.53. The van der Waals surface area contributed by atoms with Gasteiger partial charge in [0.1, 0.15) is 29.5 Å². The van der Waals surface area contributed by atoms with E-state index in [-0.39, 0.29) is 18.6 Å². The molecule has 29 heavy (non-hydrogen) atoms. The standard InChI is InChI=1S/C22H23FN2O4/c1-13(25-14(2)26)21-8-16-7-18(5-6-20(16)29-21)27-12-17-10-24-22(9-19(17)23)28-11-15-3-4-15/h5-10,13,15H,3-4,11-12H2,1-2H3,(H,25,26). The molecule has 1 aliphatic rings. The first kappa shape index (κ1) is 19.2. The molecule has 1 N–H and O–H groups in total. The van der Waals surface area contributed by atoms with Crippen molar-refractivity contribution in [2.75, 3.05) is 6.61 Å². The Morgan fingerprint density at radius 2 is 2.14 bits per heavy atom. The van der Waals surface area contributed by atoms with E-state index in [4.69, 9.17) is 13.9 Å². The van der Waals surface area contributed by atoms with Crippen LogP contribution in [-0.4, -0.2) is 17.5 Å². The third-order valence-electron chi connectivity index (χ3n) is 4.82. The number of rotatable bonds is 8. The molecule has 1 atom stereocenters. The highest BCUT2D eigenvalue weighted by atomic mass is 19.1. The number of hydrogen-bond donors (Lipinski definition) is 1. The molecule has 6 nitrogen and oxygen atoms in total. The molecule has 7 heteroatoms. The van der Waals surface area contributed by atoms with Crippen LogP contribution in [0.2, 0.25) is 0 Å². The summed E-state index contributed by atoms with van der Waals surface area (Å²) in [4.78, 5) is 15.4. The van der Waals surface area contributed by atoms with Crippen LogP contribution >= 0.6 is 0 Å². The van der Waals surface area contributed by atoms with Crippen molar-refractivity contribution >= 4 is 16.9 Å². The quantitative estimate of drug-likeness (QED) is 0.603. The molecule has 0 saturated heterocycles. The number of fused-ring (bicyclic) bond motifs is 1. The van der Waals surface area contributed by atoms with E-state index in [2.05, 4.69) is 10.3 Å². The molecule has 0 radical (unpaired) electrons. The van der Waals surface area contributed by atoms with Gasteiger partial charge in [0.05, 0.1) is 12.6 Å². The van der Waals surface area contributed by atoms with Crippen molar-refractivity contribution in [3.8, 4) is 11.6 Å². The molecule has 1 aromatic carbocycles. The lowest BCUT2D eigenvalue weighted by Crippen LogP contribution is -2.23. The molecular formula is C22H23FN2O4. The van der Waals surface area contributed by atoms with Crippen molar-refractivity contribution in [1.29, 1.82) is 0 Å². The summed E-state index contributed by atoms with van der Waals surface area (Å²) in [6.45, 7) is 3.96. The highest BCUT2D eigenvalue weighted by Crippen LogP contribution is 2.30. The van der Waals surface area contributed by atoms with Gasteiger partial charge < -0.3 is 19.2 Å². The fourth-order valence-electron chi connectivity index (χ4n) is 3.00. The van der Waals surface area contributed by atoms with Gasteiger partial charge in [-0.1, -0.05) is 0 Å². The van der Waals surface area contributed by atoms with E-state index in [0.29, 0.717) is 41.1 Å². The van der Waals surface area contributed by atoms with Crippen LogP contribution < -0.4 is 14.8 Å².